The molecule has 3 aromatic rings. The van der Waals surface area contributed by atoms with Gasteiger partial charge in [-0.25, -0.2) is 0 Å². The number of hydrogen-bond acceptors (Lipinski definition) is 3. The summed E-state index contributed by atoms with van der Waals surface area (Å²) in [6.45, 7) is 10.6. The summed E-state index contributed by atoms with van der Waals surface area (Å²) in [6, 6.07) is 19.9. The third-order valence-corrected chi connectivity index (χ3v) is 6.81. The van der Waals surface area contributed by atoms with Crippen molar-refractivity contribution >= 4 is 29.1 Å². The van der Waals surface area contributed by atoms with Gasteiger partial charge in [0.05, 0.1) is 11.6 Å². The van der Waals surface area contributed by atoms with Crippen LogP contribution in [-0.2, 0) is 21.5 Å². The minimum Gasteiger partial charge on any atom is -0.507 e. The number of Topliss-reactive ketones (excluding diaryl/α,β-unsaturated/α-hetero) is 1. The van der Waals surface area contributed by atoms with Gasteiger partial charge in [-0.05, 0) is 53.6 Å². The standard InChI is InChI=1S/C30H30ClNO3/c1-18-9-10-19(2)22(15-18)17-32-26(20-11-13-23(14-12-20)30(3,4)5)25(28(34)29(32)35)27(33)21-7-6-8-24(31)16-21/h6-16,26,33H,17H2,1-5H3/b27-25-. The van der Waals surface area contributed by atoms with Gasteiger partial charge >= 0.3 is 0 Å². The van der Waals surface area contributed by atoms with Gasteiger partial charge in [0.15, 0.2) is 0 Å². The highest BCUT2D eigenvalue weighted by Crippen LogP contribution is 2.41. The molecule has 1 aliphatic rings. The zero-order valence-electron chi connectivity index (χ0n) is 20.7. The van der Waals surface area contributed by atoms with E-state index in [0.29, 0.717) is 10.6 Å². The maximum atomic E-state index is 13.3. The highest BCUT2D eigenvalue weighted by Gasteiger charge is 2.46. The molecule has 1 heterocycles. The maximum Gasteiger partial charge on any atom is 0.295 e. The van der Waals surface area contributed by atoms with Crippen molar-refractivity contribution in [2.24, 2.45) is 0 Å². The van der Waals surface area contributed by atoms with Crippen molar-refractivity contribution in [1.82, 2.24) is 4.90 Å². The number of aryl methyl sites for hydroxylation is 2. The Morgan fingerprint density at radius 2 is 1.66 bits per heavy atom. The van der Waals surface area contributed by atoms with Crippen LogP contribution in [0.2, 0.25) is 5.02 Å². The number of aliphatic hydroxyl groups excluding tert-OH is 1. The second-order valence-electron chi connectivity index (χ2n) is 10.2. The number of amides is 1. The fraction of sp³-hybridized carbons (Fsp3) is 0.267. The monoisotopic (exact) mass is 487 g/mol. The van der Waals surface area contributed by atoms with Gasteiger partial charge < -0.3 is 10.0 Å². The molecular formula is C30H30ClNO3. The maximum absolute atomic E-state index is 13.3. The van der Waals surface area contributed by atoms with Crippen LogP contribution in [-0.4, -0.2) is 21.7 Å². The zero-order valence-corrected chi connectivity index (χ0v) is 21.5. The lowest BCUT2D eigenvalue weighted by Gasteiger charge is -2.27. The summed E-state index contributed by atoms with van der Waals surface area (Å²) >= 11 is 6.15. The van der Waals surface area contributed by atoms with Crippen LogP contribution in [0.4, 0.5) is 0 Å². The largest absolute Gasteiger partial charge is 0.507 e. The summed E-state index contributed by atoms with van der Waals surface area (Å²) in [5.74, 6) is -1.55. The normalized spacial score (nSPS) is 17.8. The van der Waals surface area contributed by atoms with E-state index in [1.54, 1.807) is 29.2 Å². The molecule has 1 saturated heterocycles. The SMILES string of the molecule is Cc1ccc(C)c(CN2C(=O)C(=O)/C(=C(\O)c3cccc(Cl)c3)C2c2ccc(C(C)(C)C)cc2)c1. The van der Waals surface area contributed by atoms with E-state index in [4.69, 9.17) is 11.6 Å². The number of hydrogen-bond donors (Lipinski definition) is 1. The van der Waals surface area contributed by atoms with E-state index in [0.717, 1.165) is 27.8 Å². The van der Waals surface area contributed by atoms with Gasteiger partial charge in [-0.1, -0.05) is 92.5 Å². The molecule has 0 aliphatic carbocycles. The lowest BCUT2D eigenvalue weighted by Crippen LogP contribution is -2.29. The molecule has 0 bridgehead atoms. The predicted octanol–water partition coefficient (Wildman–Crippen LogP) is 6.88. The molecule has 0 spiro atoms. The van der Waals surface area contributed by atoms with E-state index in [-0.39, 0.29) is 23.3 Å². The Morgan fingerprint density at radius 1 is 0.971 bits per heavy atom. The van der Waals surface area contributed by atoms with Gasteiger partial charge in [-0.3, -0.25) is 9.59 Å². The van der Waals surface area contributed by atoms with Gasteiger partial charge in [-0.15, -0.1) is 0 Å². The van der Waals surface area contributed by atoms with Crippen molar-refractivity contribution in [1.29, 1.82) is 0 Å². The summed E-state index contributed by atoms with van der Waals surface area (Å²) < 4.78 is 0. The van der Waals surface area contributed by atoms with E-state index in [1.165, 1.54) is 0 Å². The molecule has 3 aromatic carbocycles. The van der Waals surface area contributed by atoms with Crippen LogP contribution in [0.25, 0.3) is 5.76 Å². The first kappa shape index (κ1) is 24.7. The molecule has 1 atom stereocenters. The number of ketones is 1. The fourth-order valence-corrected chi connectivity index (χ4v) is 4.69. The summed E-state index contributed by atoms with van der Waals surface area (Å²) in [7, 11) is 0. The topological polar surface area (TPSA) is 57.6 Å². The molecule has 1 unspecified atom stereocenters. The molecule has 1 fully saturated rings. The van der Waals surface area contributed by atoms with E-state index < -0.39 is 17.7 Å². The molecule has 180 valence electrons. The molecule has 35 heavy (non-hydrogen) atoms. The van der Waals surface area contributed by atoms with Crippen LogP contribution >= 0.6 is 11.6 Å². The Hall–Kier alpha value is -3.37. The average molecular weight is 488 g/mol. The smallest absolute Gasteiger partial charge is 0.295 e. The third kappa shape index (κ3) is 4.89. The number of carbonyl (C=O) groups excluding carboxylic acids is 2. The van der Waals surface area contributed by atoms with E-state index in [2.05, 4.69) is 20.8 Å². The van der Waals surface area contributed by atoms with Crippen molar-refractivity contribution in [3.05, 3.63) is 111 Å². The lowest BCUT2D eigenvalue weighted by molar-refractivity contribution is -0.140. The minimum atomic E-state index is -0.720. The molecule has 1 amide bonds. The number of carbonyl (C=O) groups is 2. The molecule has 1 N–H and O–H groups in total. The van der Waals surface area contributed by atoms with E-state index >= 15 is 0 Å². The van der Waals surface area contributed by atoms with Crippen LogP contribution in [0.15, 0.2) is 72.3 Å². The first-order valence-electron chi connectivity index (χ1n) is 11.7. The Balaban J connectivity index is 1.88. The summed E-state index contributed by atoms with van der Waals surface area (Å²) in [6.07, 6.45) is 0. The van der Waals surface area contributed by atoms with Gasteiger partial charge in [0.1, 0.15) is 5.76 Å². The number of likely N-dealkylation sites (tertiary alicyclic amines) is 1. The van der Waals surface area contributed by atoms with Crippen LogP contribution in [0.3, 0.4) is 0 Å². The minimum absolute atomic E-state index is 0.0419. The number of halogens is 1. The first-order valence-corrected chi connectivity index (χ1v) is 12.1. The van der Waals surface area contributed by atoms with Crippen LogP contribution < -0.4 is 0 Å². The van der Waals surface area contributed by atoms with Gasteiger partial charge in [-0.2, -0.15) is 0 Å². The highest BCUT2D eigenvalue weighted by molar-refractivity contribution is 6.46. The van der Waals surface area contributed by atoms with Crippen molar-refractivity contribution in [3.8, 4) is 0 Å². The Morgan fingerprint density at radius 3 is 2.29 bits per heavy atom. The fourth-order valence-electron chi connectivity index (χ4n) is 4.50. The zero-order chi connectivity index (χ0) is 25.5. The first-order chi connectivity index (χ1) is 16.5. The molecule has 5 heteroatoms. The molecule has 0 aromatic heterocycles. The molecule has 0 saturated carbocycles. The van der Waals surface area contributed by atoms with Gasteiger partial charge in [0, 0.05) is 17.1 Å². The third-order valence-electron chi connectivity index (χ3n) is 6.58. The second-order valence-corrected chi connectivity index (χ2v) is 10.7. The molecule has 1 aliphatic heterocycles. The van der Waals surface area contributed by atoms with Crippen molar-refractivity contribution in [3.63, 3.8) is 0 Å². The summed E-state index contributed by atoms with van der Waals surface area (Å²) in [5, 5.41) is 11.7. The molecule has 4 nitrogen and oxygen atoms in total. The van der Waals surface area contributed by atoms with Crippen LogP contribution in [0.5, 0.6) is 0 Å². The number of rotatable bonds is 4. The Bertz CT molecular complexity index is 1330. The molecular weight excluding hydrogens is 458 g/mol. The summed E-state index contributed by atoms with van der Waals surface area (Å²) in [5.41, 5.74) is 5.42. The average Bonchev–Trinajstić information content (AvgIpc) is 3.05. The van der Waals surface area contributed by atoms with E-state index in [1.807, 2.05) is 56.3 Å². The number of nitrogens with zero attached hydrogens (tertiary/aromatic N) is 1. The van der Waals surface area contributed by atoms with Gasteiger partial charge in [0.2, 0.25) is 0 Å². The molecule has 0 radical (unpaired) electrons. The highest BCUT2D eigenvalue weighted by atomic mass is 35.5. The van der Waals surface area contributed by atoms with Crippen molar-refractivity contribution < 1.29 is 14.7 Å². The quantitative estimate of drug-likeness (QED) is 0.248. The Labute approximate surface area is 211 Å². The van der Waals surface area contributed by atoms with Crippen LogP contribution in [0, 0.1) is 13.8 Å². The van der Waals surface area contributed by atoms with Crippen LogP contribution in [0.1, 0.15) is 60.2 Å². The summed E-state index contributed by atoms with van der Waals surface area (Å²) in [4.78, 5) is 28.2. The number of benzene rings is 3. The number of aliphatic hydroxyl groups is 1. The lowest BCUT2D eigenvalue weighted by atomic mass is 9.85. The molecule has 4 rings (SSSR count). The van der Waals surface area contributed by atoms with Crippen molar-refractivity contribution in [2.45, 2.75) is 52.6 Å². The van der Waals surface area contributed by atoms with Crippen molar-refractivity contribution in [2.75, 3.05) is 0 Å². The second kappa shape index (κ2) is 9.35. The van der Waals surface area contributed by atoms with E-state index in [9.17, 15) is 14.7 Å². The Kier molecular flexibility index (Phi) is 6.61. The predicted molar refractivity (Wildman–Crippen MR) is 140 cm³/mol. The van der Waals surface area contributed by atoms with Gasteiger partial charge in [0.25, 0.3) is 11.7 Å².